The van der Waals surface area contributed by atoms with Crippen molar-refractivity contribution in [1.82, 2.24) is 19.5 Å². The van der Waals surface area contributed by atoms with Crippen molar-refractivity contribution in [3.8, 4) is 28.3 Å². The van der Waals surface area contributed by atoms with Crippen molar-refractivity contribution in [2.24, 2.45) is 5.92 Å². The Morgan fingerprint density at radius 1 is 0.815 bits per heavy atom. The minimum absolute atomic E-state index is 0. The predicted octanol–water partition coefficient (Wildman–Crippen LogP) is 11.6. The second kappa shape index (κ2) is 15.6. The molecule has 0 aliphatic carbocycles. The van der Waals surface area contributed by atoms with E-state index < -0.39 is 8.07 Å². The van der Waals surface area contributed by atoms with E-state index in [0.29, 0.717) is 11.6 Å². The van der Waals surface area contributed by atoms with Crippen molar-refractivity contribution in [3.05, 3.63) is 137 Å². The van der Waals surface area contributed by atoms with Gasteiger partial charge in [-0.25, -0.2) is 4.98 Å². The first-order chi connectivity index (χ1) is 25.3. The van der Waals surface area contributed by atoms with Crippen LogP contribution in [0.4, 0.5) is 0 Å². The van der Waals surface area contributed by atoms with Crippen LogP contribution in [0.3, 0.4) is 0 Å². The standard InChI is InChI=1S/C29H24N3O.C18H24NSi.Ir/c1-16-14-18(3)26(19(4)15-16)32-24-9-7-6-8-23(24)31-28(32)22-12-10-17(2)25-21-13-11-20(5)30-29(21)33-27(22)25;1-14(2)11-16-12-17(15-9-7-6-8-10-15)19-13-18(16)20(3,4)5;/h6-11,13-15H,1-5H3;6-9,12-14H,11H2,1-5H3;/q2*-1;. The van der Waals surface area contributed by atoms with E-state index in [4.69, 9.17) is 9.40 Å². The Bertz CT molecular complexity index is 2590. The third kappa shape index (κ3) is 7.63. The van der Waals surface area contributed by atoms with Crippen LogP contribution in [-0.4, -0.2) is 27.6 Å². The van der Waals surface area contributed by atoms with E-state index in [0.717, 1.165) is 73.4 Å². The van der Waals surface area contributed by atoms with Crippen LogP contribution in [0.25, 0.3) is 61.4 Å². The summed E-state index contributed by atoms with van der Waals surface area (Å²) >= 11 is 0. The number of fused-ring (bicyclic) bond motifs is 4. The first kappa shape index (κ1) is 39.0. The second-order valence-corrected chi connectivity index (χ2v) is 20.9. The molecule has 0 fully saturated rings. The van der Waals surface area contributed by atoms with E-state index in [2.05, 4.69) is 143 Å². The van der Waals surface area contributed by atoms with E-state index in [1.54, 1.807) is 0 Å². The smallest absolute Gasteiger partial charge is 0.216 e. The number of hydrogen-bond donors (Lipinski definition) is 0. The molecule has 0 N–H and O–H groups in total. The molecule has 4 aromatic carbocycles. The SMILES string of the molecule is CC(C)Cc1cc(-c2[c-]cccc2)ncc1[Si](C)(C)C.Cc1cc(C)c(-n2c(-c3[c-]cc(C)c4c3oc3nc(C)ccc34)nc3ccccc32)c(C)c1.[Ir]. The van der Waals surface area contributed by atoms with Crippen molar-refractivity contribution in [1.29, 1.82) is 0 Å². The van der Waals surface area contributed by atoms with Gasteiger partial charge < -0.3 is 14.0 Å². The van der Waals surface area contributed by atoms with Gasteiger partial charge in [-0.15, -0.1) is 53.6 Å². The average Bonchev–Trinajstić information content (AvgIpc) is 3.67. The number of rotatable bonds is 6. The Labute approximate surface area is 334 Å². The van der Waals surface area contributed by atoms with Crippen LogP contribution in [-0.2, 0) is 26.5 Å². The molecule has 0 unspecified atom stereocenters. The van der Waals surface area contributed by atoms with E-state index in [-0.39, 0.29) is 20.1 Å². The third-order valence-electron chi connectivity index (χ3n) is 9.80. The molecule has 54 heavy (non-hydrogen) atoms. The van der Waals surface area contributed by atoms with Crippen molar-refractivity contribution < 1.29 is 24.5 Å². The topological polar surface area (TPSA) is 56.7 Å². The summed E-state index contributed by atoms with van der Waals surface area (Å²) < 4.78 is 8.63. The number of nitrogens with zero attached hydrogens (tertiary/aromatic N) is 4. The fraction of sp³-hybridized carbons (Fsp3) is 0.255. The van der Waals surface area contributed by atoms with Gasteiger partial charge in [-0.3, -0.25) is 4.98 Å². The summed E-state index contributed by atoms with van der Waals surface area (Å²) in [5.74, 6) is 1.49. The maximum atomic E-state index is 6.37. The molecule has 4 aromatic heterocycles. The zero-order valence-corrected chi connectivity index (χ0v) is 36.4. The van der Waals surface area contributed by atoms with Crippen LogP contribution in [0.5, 0.6) is 0 Å². The Balaban J connectivity index is 0.000000205. The first-order valence-corrected chi connectivity index (χ1v) is 22.0. The van der Waals surface area contributed by atoms with E-state index in [1.807, 2.05) is 43.3 Å². The Morgan fingerprint density at radius 3 is 2.22 bits per heavy atom. The summed E-state index contributed by atoms with van der Waals surface area (Å²) in [4.78, 5) is 14.4. The Morgan fingerprint density at radius 2 is 1.54 bits per heavy atom. The number of aromatic nitrogens is 4. The molecule has 0 bridgehead atoms. The molecule has 277 valence electrons. The zero-order valence-electron chi connectivity index (χ0n) is 33.0. The minimum Gasteiger partial charge on any atom is -0.486 e. The fourth-order valence-electron chi connectivity index (χ4n) is 7.55. The van der Waals surface area contributed by atoms with Crippen LogP contribution < -0.4 is 5.19 Å². The first-order valence-electron chi connectivity index (χ1n) is 18.5. The molecular weight excluding hydrogens is 857 g/mol. The van der Waals surface area contributed by atoms with Gasteiger partial charge in [0.2, 0.25) is 5.71 Å². The van der Waals surface area contributed by atoms with E-state index >= 15 is 0 Å². The number of para-hydroxylation sites is 2. The number of furan rings is 1. The monoisotopic (exact) mass is 905 g/mol. The second-order valence-electron chi connectivity index (χ2n) is 15.8. The fourth-order valence-corrected chi connectivity index (χ4v) is 9.14. The maximum Gasteiger partial charge on any atom is 0.216 e. The molecule has 4 heterocycles. The number of pyridine rings is 2. The van der Waals surface area contributed by atoms with Crippen LogP contribution in [0, 0.1) is 52.7 Å². The van der Waals surface area contributed by atoms with Crippen LogP contribution in [0.1, 0.15) is 47.4 Å². The summed E-state index contributed by atoms with van der Waals surface area (Å²) in [6.45, 7) is 22.3. The molecule has 8 rings (SSSR count). The molecule has 0 atom stereocenters. The van der Waals surface area contributed by atoms with Crippen LogP contribution in [0.15, 0.2) is 95.5 Å². The van der Waals surface area contributed by atoms with Crippen molar-refractivity contribution in [2.45, 2.75) is 74.5 Å². The molecule has 0 saturated heterocycles. The summed E-state index contributed by atoms with van der Waals surface area (Å²) in [6, 6.07) is 36.0. The van der Waals surface area contributed by atoms with Gasteiger partial charge >= 0.3 is 0 Å². The number of imidazole rings is 1. The zero-order chi connectivity index (χ0) is 37.6. The predicted molar refractivity (Wildman–Crippen MR) is 224 cm³/mol. The van der Waals surface area contributed by atoms with Crippen molar-refractivity contribution in [3.63, 3.8) is 0 Å². The van der Waals surface area contributed by atoms with Crippen molar-refractivity contribution >= 4 is 46.4 Å². The normalized spacial score (nSPS) is 11.6. The molecule has 1 radical (unpaired) electrons. The maximum absolute atomic E-state index is 6.37. The summed E-state index contributed by atoms with van der Waals surface area (Å²) in [6.07, 6.45) is 3.24. The van der Waals surface area contributed by atoms with E-state index in [1.165, 1.54) is 27.4 Å². The van der Waals surface area contributed by atoms with Gasteiger partial charge in [0.15, 0.2) is 0 Å². The Hall–Kier alpha value is -4.68. The number of hydrogen-bond acceptors (Lipinski definition) is 4. The molecule has 5 nitrogen and oxygen atoms in total. The number of benzene rings is 4. The van der Waals surface area contributed by atoms with Crippen molar-refractivity contribution in [2.75, 3.05) is 0 Å². The van der Waals surface area contributed by atoms with Crippen LogP contribution >= 0.6 is 0 Å². The third-order valence-corrected chi connectivity index (χ3v) is 11.9. The molecule has 0 spiro atoms. The van der Waals surface area contributed by atoms with E-state index in [9.17, 15) is 0 Å². The summed E-state index contributed by atoms with van der Waals surface area (Å²) in [5, 5.41) is 3.58. The molecule has 0 aliphatic heterocycles. The number of aryl methyl sites for hydroxylation is 5. The average molecular weight is 905 g/mol. The molecule has 7 heteroatoms. The molecule has 0 amide bonds. The quantitative estimate of drug-likeness (QED) is 0.123. The van der Waals surface area contributed by atoms with Gasteiger partial charge in [0.1, 0.15) is 0 Å². The molecule has 8 aromatic rings. The van der Waals surface area contributed by atoms with Gasteiger partial charge in [0, 0.05) is 43.1 Å². The van der Waals surface area contributed by atoms with Crippen LogP contribution in [0.2, 0.25) is 19.6 Å². The largest absolute Gasteiger partial charge is 0.486 e. The van der Waals surface area contributed by atoms with Gasteiger partial charge in [0.25, 0.3) is 0 Å². The summed E-state index contributed by atoms with van der Waals surface area (Å²) in [7, 11) is -1.34. The Kier molecular flexibility index (Phi) is 11.3. The molecule has 0 saturated carbocycles. The molecule has 0 aliphatic rings. The van der Waals surface area contributed by atoms with Gasteiger partial charge in [0.05, 0.1) is 30.5 Å². The van der Waals surface area contributed by atoms with Gasteiger partial charge in [-0.2, -0.15) is 0 Å². The summed E-state index contributed by atoms with van der Waals surface area (Å²) in [5.41, 5.74) is 14.8. The minimum atomic E-state index is -1.34. The molecular formula is C47H48IrN4OSi-2. The van der Waals surface area contributed by atoms with Gasteiger partial charge in [-0.05, 0) is 86.3 Å². The van der Waals surface area contributed by atoms with Gasteiger partial charge in [-0.1, -0.05) is 92.8 Å².